The van der Waals surface area contributed by atoms with Crippen molar-refractivity contribution in [3.05, 3.63) is 34.3 Å². The zero-order valence-electron chi connectivity index (χ0n) is 8.11. The van der Waals surface area contributed by atoms with Crippen molar-refractivity contribution in [2.75, 3.05) is 5.75 Å². The zero-order valence-corrected chi connectivity index (χ0v) is 9.76. The third-order valence-electron chi connectivity index (χ3n) is 1.75. The number of alkyl halides is 3. The van der Waals surface area contributed by atoms with Crippen LogP contribution >= 0.6 is 24.2 Å². The molecule has 0 bridgehead atoms. The Morgan fingerprint density at radius 3 is 2.56 bits per heavy atom. The van der Waals surface area contributed by atoms with Crippen LogP contribution in [0.3, 0.4) is 0 Å². The fraction of sp³-hybridized carbons (Fsp3) is 0.273. The molecule has 0 N–H and O–H groups in total. The number of hydrogen-bond donors (Lipinski definition) is 1. The second-order valence-electron chi connectivity index (χ2n) is 2.96. The lowest BCUT2D eigenvalue weighted by Crippen LogP contribution is -2.07. The summed E-state index contributed by atoms with van der Waals surface area (Å²) in [5, 5.41) is 0.239. The molecule has 0 atom stereocenters. The van der Waals surface area contributed by atoms with Crippen molar-refractivity contribution in [3.8, 4) is 11.8 Å². The largest absolute Gasteiger partial charge is 0.417 e. The van der Waals surface area contributed by atoms with E-state index in [1.807, 2.05) is 0 Å². The van der Waals surface area contributed by atoms with Gasteiger partial charge in [0.1, 0.15) is 0 Å². The minimum atomic E-state index is -4.41. The molecule has 0 aliphatic heterocycles. The highest BCUT2D eigenvalue weighted by atomic mass is 35.5. The minimum Gasteiger partial charge on any atom is -0.178 e. The lowest BCUT2D eigenvalue weighted by Gasteiger charge is -2.08. The maximum absolute atomic E-state index is 12.6. The molecular weight excluding hydrogens is 257 g/mol. The maximum atomic E-state index is 12.6. The summed E-state index contributed by atoms with van der Waals surface area (Å²) in [6.07, 6.45) is -3.97. The summed E-state index contributed by atoms with van der Waals surface area (Å²) in [5.41, 5.74) is -0.856. The van der Waals surface area contributed by atoms with E-state index in [4.69, 9.17) is 11.6 Å². The van der Waals surface area contributed by atoms with E-state index in [0.29, 0.717) is 12.2 Å². The third-order valence-corrected chi connectivity index (χ3v) is 2.21. The summed E-state index contributed by atoms with van der Waals surface area (Å²) >= 11 is 9.55. The molecule has 0 aromatic heterocycles. The highest BCUT2D eigenvalue weighted by Crippen LogP contribution is 2.32. The average Bonchev–Trinajstić information content (AvgIpc) is 2.16. The molecule has 0 nitrogen and oxygen atoms in total. The molecule has 0 saturated heterocycles. The number of thiol groups is 1. The van der Waals surface area contributed by atoms with Crippen LogP contribution in [-0.2, 0) is 6.18 Å². The van der Waals surface area contributed by atoms with Crippen molar-refractivity contribution in [1.82, 2.24) is 0 Å². The molecule has 1 aromatic carbocycles. The van der Waals surface area contributed by atoms with Crippen molar-refractivity contribution < 1.29 is 13.2 Å². The standard InChI is InChI=1S/C11H8ClF3S/c12-9-4-5-10(11(13,14)15)8(7-9)3-1-2-6-16/h4-5,7,16H,2,6H2. The molecule has 86 valence electrons. The molecule has 0 spiro atoms. The van der Waals surface area contributed by atoms with Gasteiger partial charge in [-0.3, -0.25) is 0 Å². The van der Waals surface area contributed by atoms with Crippen LogP contribution in [0.15, 0.2) is 18.2 Å². The monoisotopic (exact) mass is 264 g/mol. The van der Waals surface area contributed by atoms with Gasteiger partial charge in [0.05, 0.1) is 5.56 Å². The molecular formula is C11H8ClF3S. The van der Waals surface area contributed by atoms with Gasteiger partial charge in [0, 0.05) is 22.8 Å². The zero-order chi connectivity index (χ0) is 12.2. The molecule has 0 aliphatic carbocycles. The summed E-state index contributed by atoms with van der Waals surface area (Å²) in [7, 11) is 0. The Labute approximate surface area is 102 Å². The van der Waals surface area contributed by atoms with Gasteiger partial charge in [0.25, 0.3) is 0 Å². The second-order valence-corrected chi connectivity index (χ2v) is 3.85. The topological polar surface area (TPSA) is 0 Å². The van der Waals surface area contributed by atoms with Gasteiger partial charge in [0.15, 0.2) is 0 Å². The van der Waals surface area contributed by atoms with E-state index >= 15 is 0 Å². The quantitative estimate of drug-likeness (QED) is 0.575. The van der Waals surface area contributed by atoms with E-state index in [1.54, 1.807) is 0 Å². The van der Waals surface area contributed by atoms with Crippen LogP contribution in [0.1, 0.15) is 17.5 Å². The van der Waals surface area contributed by atoms with Gasteiger partial charge >= 0.3 is 6.18 Å². The van der Waals surface area contributed by atoms with Crippen molar-refractivity contribution in [1.29, 1.82) is 0 Å². The van der Waals surface area contributed by atoms with E-state index in [9.17, 15) is 13.2 Å². The minimum absolute atomic E-state index is 0.0956. The van der Waals surface area contributed by atoms with Crippen LogP contribution in [-0.4, -0.2) is 5.75 Å². The van der Waals surface area contributed by atoms with Crippen molar-refractivity contribution >= 4 is 24.2 Å². The van der Waals surface area contributed by atoms with E-state index in [-0.39, 0.29) is 10.6 Å². The van der Waals surface area contributed by atoms with Gasteiger partial charge in [-0.2, -0.15) is 25.8 Å². The Hall–Kier alpha value is -0.790. The fourth-order valence-electron chi connectivity index (χ4n) is 1.08. The SMILES string of the molecule is FC(F)(F)c1ccc(Cl)cc1C#CCCS. The molecule has 0 fully saturated rings. The molecule has 0 heterocycles. The summed E-state index contributed by atoms with van der Waals surface area (Å²) < 4.78 is 37.7. The van der Waals surface area contributed by atoms with Crippen LogP contribution in [0.2, 0.25) is 5.02 Å². The number of halogens is 4. The van der Waals surface area contributed by atoms with Crippen molar-refractivity contribution in [2.24, 2.45) is 0 Å². The van der Waals surface area contributed by atoms with Crippen LogP contribution < -0.4 is 0 Å². The van der Waals surface area contributed by atoms with Crippen LogP contribution in [0, 0.1) is 11.8 Å². The number of rotatable bonds is 1. The molecule has 0 unspecified atom stereocenters. The van der Waals surface area contributed by atoms with Crippen molar-refractivity contribution in [2.45, 2.75) is 12.6 Å². The third kappa shape index (κ3) is 3.66. The summed E-state index contributed by atoms with van der Waals surface area (Å²) in [4.78, 5) is 0. The van der Waals surface area contributed by atoms with E-state index in [1.165, 1.54) is 12.1 Å². The molecule has 5 heteroatoms. The first kappa shape index (κ1) is 13.3. The molecule has 16 heavy (non-hydrogen) atoms. The Balaban J connectivity index is 3.15. The highest BCUT2D eigenvalue weighted by molar-refractivity contribution is 7.80. The van der Waals surface area contributed by atoms with Gasteiger partial charge in [-0.25, -0.2) is 0 Å². The maximum Gasteiger partial charge on any atom is 0.417 e. The first-order valence-electron chi connectivity index (χ1n) is 4.41. The smallest absolute Gasteiger partial charge is 0.178 e. The second kappa shape index (κ2) is 5.51. The van der Waals surface area contributed by atoms with E-state index in [0.717, 1.165) is 6.07 Å². The lowest BCUT2D eigenvalue weighted by molar-refractivity contribution is -0.137. The van der Waals surface area contributed by atoms with Crippen molar-refractivity contribution in [3.63, 3.8) is 0 Å². The van der Waals surface area contributed by atoms with Crippen LogP contribution in [0.25, 0.3) is 0 Å². The van der Waals surface area contributed by atoms with E-state index in [2.05, 4.69) is 24.5 Å². The van der Waals surface area contributed by atoms with E-state index < -0.39 is 11.7 Å². The predicted octanol–water partition coefficient (Wildman–Crippen LogP) is 4.03. The molecule has 0 saturated carbocycles. The van der Waals surface area contributed by atoms with Crippen LogP contribution in [0.4, 0.5) is 13.2 Å². The fourth-order valence-corrected chi connectivity index (χ4v) is 1.36. The Morgan fingerprint density at radius 1 is 1.31 bits per heavy atom. The van der Waals surface area contributed by atoms with Gasteiger partial charge in [-0.15, -0.1) is 0 Å². The van der Waals surface area contributed by atoms with Gasteiger partial charge in [-0.1, -0.05) is 23.4 Å². The number of benzene rings is 1. The molecule has 0 radical (unpaired) electrons. The Morgan fingerprint density at radius 2 is 2.00 bits per heavy atom. The highest BCUT2D eigenvalue weighted by Gasteiger charge is 2.32. The summed E-state index contributed by atoms with van der Waals surface area (Å²) in [6, 6.07) is 3.36. The molecule has 0 aliphatic rings. The normalized spacial score (nSPS) is 10.8. The first-order valence-corrected chi connectivity index (χ1v) is 5.42. The summed E-state index contributed by atoms with van der Waals surface area (Å²) in [6.45, 7) is 0. The average molecular weight is 265 g/mol. The van der Waals surface area contributed by atoms with Gasteiger partial charge in [-0.05, 0) is 18.2 Å². The van der Waals surface area contributed by atoms with Crippen LogP contribution in [0.5, 0.6) is 0 Å². The van der Waals surface area contributed by atoms with Gasteiger partial charge < -0.3 is 0 Å². The lowest BCUT2D eigenvalue weighted by atomic mass is 10.1. The first-order chi connectivity index (χ1) is 7.45. The molecule has 0 amide bonds. The predicted molar refractivity (Wildman–Crippen MR) is 61.8 cm³/mol. The Kier molecular flexibility index (Phi) is 4.57. The van der Waals surface area contributed by atoms with Gasteiger partial charge in [0.2, 0.25) is 0 Å². The summed E-state index contributed by atoms with van der Waals surface area (Å²) in [5.74, 6) is 5.57. The molecule has 1 rings (SSSR count). The number of hydrogen-bond acceptors (Lipinski definition) is 1. The molecule has 1 aromatic rings. The Bertz CT molecular complexity index is 429.